The topological polar surface area (TPSA) is 66.9 Å². The first-order valence-corrected chi connectivity index (χ1v) is 9.83. The minimum absolute atomic E-state index is 0.207. The van der Waals surface area contributed by atoms with Gasteiger partial charge < -0.3 is 10.6 Å². The van der Waals surface area contributed by atoms with Crippen molar-refractivity contribution in [2.45, 2.75) is 12.8 Å². The van der Waals surface area contributed by atoms with Crippen LogP contribution < -0.4 is 10.6 Å². The Balaban J connectivity index is 1.82. The summed E-state index contributed by atoms with van der Waals surface area (Å²) < 4.78 is 0.894. The highest BCUT2D eigenvalue weighted by Gasteiger charge is 2.22. The van der Waals surface area contributed by atoms with Gasteiger partial charge in [0.25, 0.3) is 5.91 Å². The number of thiophene rings is 1. The zero-order chi connectivity index (χ0) is 18.1. The number of benzene rings is 1. The summed E-state index contributed by atoms with van der Waals surface area (Å²) in [5.74, 6) is 0.360. The average molecular weight is 387 g/mol. The highest BCUT2D eigenvalue weighted by molar-refractivity contribution is 7.22. The van der Waals surface area contributed by atoms with Crippen molar-refractivity contribution in [1.29, 1.82) is 0 Å². The Labute approximate surface area is 160 Å². The lowest BCUT2D eigenvalue weighted by Crippen LogP contribution is -2.20. The molecule has 1 aliphatic rings. The van der Waals surface area contributed by atoms with Gasteiger partial charge in [-0.05, 0) is 55.6 Å². The minimum atomic E-state index is -0.207. The summed E-state index contributed by atoms with van der Waals surface area (Å²) in [5, 5.41) is 16.4. The van der Waals surface area contributed by atoms with E-state index >= 15 is 0 Å². The lowest BCUT2D eigenvalue weighted by Gasteiger charge is -2.09. The molecule has 7 heteroatoms. The first-order chi connectivity index (χ1) is 12.7. The van der Waals surface area contributed by atoms with E-state index in [1.54, 1.807) is 18.4 Å². The molecule has 0 spiro atoms. The third-order valence-electron chi connectivity index (χ3n) is 4.74. The number of carbonyl (C=O) groups is 1. The van der Waals surface area contributed by atoms with E-state index in [-0.39, 0.29) is 5.91 Å². The molecule has 1 fully saturated rings. The molecule has 4 rings (SSSR count). The van der Waals surface area contributed by atoms with Crippen LogP contribution >= 0.6 is 22.9 Å². The van der Waals surface area contributed by atoms with Gasteiger partial charge in [-0.25, -0.2) is 0 Å². The quantitative estimate of drug-likeness (QED) is 0.719. The van der Waals surface area contributed by atoms with Crippen molar-refractivity contribution < 1.29 is 4.79 Å². The summed E-state index contributed by atoms with van der Waals surface area (Å²) in [6.07, 6.45) is 2.02. The third kappa shape index (κ3) is 3.32. The number of nitrogens with zero attached hydrogens (tertiary/aromatic N) is 2. The lowest BCUT2D eigenvalue weighted by atomic mass is 10.00. The Kier molecular flexibility index (Phi) is 4.89. The van der Waals surface area contributed by atoms with E-state index in [4.69, 9.17) is 11.6 Å². The van der Waals surface area contributed by atoms with Gasteiger partial charge in [-0.15, -0.1) is 16.4 Å². The van der Waals surface area contributed by atoms with Crippen LogP contribution in [0.5, 0.6) is 0 Å². The van der Waals surface area contributed by atoms with Crippen molar-refractivity contribution in [3.8, 4) is 10.4 Å². The number of amides is 1. The number of carbonyl (C=O) groups excluding carboxylic acids is 1. The number of fused-ring (bicyclic) bond motifs is 1. The van der Waals surface area contributed by atoms with E-state index in [0.29, 0.717) is 16.6 Å². The highest BCUT2D eigenvalue weighted by Crippen LogP contribution is 2.37. The molecule has 1 amide bonds. The van der Waals surface area contributed by atoms with E-state index in [1.165, 1.54) is 0 Å². The summed E-state index contributed by atoms with van der Waals surface area (Å²) in [4.78, 5) is 13.3. The van der Waals surface area contributed by atoms with Crippen molar-refractivity contribution in [1.82, 2.24) is 20.8 Å². The summed E-state index contributed by atoms with van der Waals surface area (Å²) in [6.45, 7) is 2.06. The first kappa shape index (κ1) is 17.4. The second-order valence-electron chi connectivity index (χ2n) is 6.50. The van der Waals surface area contributed by atoms with Crippen LogP contribution in [0.1, 0.15) is 22.6 Å². The number of hydrogen-bond donors (Lipinski definition) is 2. The molecular weight excluding hydrogens is 368 g/mol. The Bertz CT molecular complexity index is 948. The van der Waals surface area contributed by atoms with Crippen molar-refractivity contribution in [3.63, 3.8) is 0 Å². The highest BCUT2D eigenvalue weighted by atomic mass is 35.5. The molecule has 0 radical (unpaired) electrons. The van der Waals surface area contributed by atoms with Crippen molar-refractivity contribution in [2.24, 2.45) is 5.92 Å². The normalized spacial score (nSPS) is 16.9. The van der Waals surface area contributed by atoms with Gasteiger partial charge in [0.15, 0.2) is 5.69 Å². The molecule has 3 aromatic rings. The van der Waals surface area contributed by atoms with Gasteiger partial charge in [0.05, 0.1) is 10.4 Å². The molecule has 1 atom stereocenters. The maximum Gasteiger partial charge on any atom is 0.273 e. The van der Waals surface area contributed by atoms with Gasteiger partial charge in [-0.3, -0.25) is 4.79 Å². The monoisotopic (exact) mass is 386 g/mol. The summed E-state index contributed by atoms with van der Waals surface area (Å²) in [5.41, 5.74) is 2.44. The van der Waals surface area contributed by atoms with E-state index in [9.17, 15) is 4.79 Å². The van der Waals surface area contributed by atoms with E-state index in [0.717, 1.165) is 52.2 Å². The predicted octanol–water partition coefficient (Wildman–Crippen LogP) is 3.52. The number of nitrogens with one attached hydrogen (secondary N) is 2. The van der Waals surface area contributed by atoms with Crippen LogP contribution in [0.15, 0.2) is 30.3 Å². The van der Waals surface area contributed by atoms with Gasteiger partial charge in [0.1, 0.15) is 0 Å². The van der Waals surface area contributed by atoms with Crippen LogP contribution in [-0.4, -0.2) is 36.2 Å². The molecule has 1 unspecified atom stereocenters. The van der Waals surface area contributed by atoms with Crippen LogP contribution in [-0.2, 0) is 6.42 Å². The molecule has 2 aromatic heterocycles. The first-order valence-electron chi connectivity index (χ1n) is 8.63. The summed E-state index contributed by atoms with van der Waals surface area (Å²) >= 11 is 7.58. The molecule has 0 bridgehead atoms. The smallest absolute Gasteiger partial charge is 0.273 e. The maximum atomic E-state index is 12.2. The fraction of sp³-hybridized carbons (Fsp3) is 0.316. The largest absolute Gasteiger partial charge is 0.354 e. The second-order valence-corrected chi connectivity index (χ2v) is 7.99. The molecule has 0 aliphatic carbocycles. The van der Waals surface area contributed by atoms with Gasteiger partial charge in [0.2, 0.25) is 0 Å². The van der Waals surface area contributed by atoms with E-state index in [1.807, 2.05) is 24.3 Å². The average Bonchev–Trinajstić information content (AvgIpc) is 3.32. The second kappa shape index (κ2) is 7.31. The minimum Gasteiger partial charge on any atom is -0.354 e. The molecule has 1 aromatic carbocycles. The van der Waals surface area contributed by atoms with Crippen molar-refractivity contribution >= 4 is 38.9 Å². The van der Waals surface area contributed by atoms with Crippen LogP contribution in [0.25, 0.3) is 20.5 Å². The Hall–Kier alpha value is -2.02. The molecule has 1 aliphatic heterocycles. The molecule has 2 N–H and O–H groups in total. The van der Waals surface area contributed by atoms with Gasteiger partial charge in [-0.1, -0.05) is 23.7 Å². The number of aromatic nitrogens is 2. The van der Waals surface area contributed by atoms with Gasteiger partial charge in [-0.2, -0.15) is 5.10 Å². The standard InChI is InChI=1S/C19H19ClN4OS/c1-21-19(25)17-18-14(15(23-24-17)8-11-6-7-22-10-11)9-16(26-18)12-2-4-13(20)5-3-12/h2-5,9,11,22H,6-8,10H2,1H3,(H,21,25). The predicted molar refractivity (Wildman–Crippen MR) is 106 cm³/mol. The Morgan fingerprint density at radius 2 is 2.15 bits per heavy atom. The third-order valence-corrected chi connectivity index (χ3v) is 6.19. The number of rotatable bonds is 4. The van der Waals surface area contributed by atoms with Crippen LogP contribution in [0.3, 0.4) is 0 Å². The molecule has 0 saturated carbocycles. The van der Waals surface area contributed by atoms with Crippen LogP contribution in [0.2, 0.25) is 5.02 Å². The fourth-order valence-corrected chi connectivity index (χ4v) is 4.62. The zero-order valence-electron chi connectivity index (χ0n) is 14.4. The fourth-order valence-electron chi connectivity index (χ4n) is 3.33. The molecule has 5 nitrogen and oxygen atoms in total. The summed E-state index contributed by atoms with van der Waals surface area (Å²) in [6, 6.07) is 9.87. The summed E-state index contributed by atoms with van der Waals surface area (Å²) in [7, 11) is 1.61. The van der Waals surface area contributed by atoms with Crippen LogP contribution in [0, 0.1) is 5.92 Å². The number of hydrogen-bond acceptors (Lipinski definition) is 5. The molecular formula is C19H19ClN4OS. The molecule has 3 heterocycles. The van der Waals surface area contributed by atoms with Crippen LogP contribution in [0.4, 0.5) is 0 Å². The van der Waals surface area contributed by atoms with Crippen molar-refractivity contribution in [2.75, 3.05) is 20.1 Å². The maximum absolute atomic E-state index is 12.2. The molecule has 26 heavy (non-hydrogen) atoms. The van der Waals surface area contributed by atoms with Gasteiger partial charge in [0, 0.05) is 22.3 Å². The molecule has 134 valence electrons. The zero-order valence-corrected chi connectivity index (χ0v) is 16.0. The molecule has 1 saturated heterocycles. The lowest BCUT2D eigenvalue weighted by molar-refractivity contribution is 0.0959. The SMILES string of the molecule is CNC(=O)c1nnc(CC2CCNC2)c2cc(-c3ccc(Cl)cc3)sc12. The Morgan fingerprint density at radius 1 is 1.35 bits per heavy atom. The van der Waals surface area contributed by atoms with Gasteiger partial charge >= 0.3 is 0 Å². The number of halogens is 1. The van der Waals surface area contributed by atoms with E-state index in [2.05, 4.69) is 26.9 Å². The van der Waals surface area contributed by atoms with E-state index < -0.39 is 0 Å². The van der Waals surface area contributed by atoms with Crippen molar-refractivity contribution in [3.05, 3.63) is 46.7 Å². The Morgan fingerprint density at radius 3 is 2.85 bits per heavy atom.